The predicted octanol–water partition coefficient (Wildman–Crippen LogP) is 0.809. The van der Waals surface area contributed by atoms with Gasteiger partial charge in [0.15, 0.2) is 0 Å². The fourth-order valence-electron chi connectivity index (χ4n) is 1.25. The Balaban J connectivity index is 4.91. The number of nitrogens with zero attached hydrogens (tertiary/aromatic N) is 1. The molecule has 0 rings (SSSR count). The molecule has 0 bridgehead atoms. The Kier molecular flexibility index (Phi) is 5.12. The Morgan fingerprint density at radius 3 is 1.94 bits per heavy atom. The van der Waals surface area contributed by atoms with Gasteiger partial charge in [-0.2, -0.15) is 0 Å². The molecule has 0 spiro atoms. The molecule has 2 N–H and O–H groups in total. The molecule has 0 aromatic rings. The number of rotatable bonds is 5. The van der Waals surface area contributed by atoms with Crippen molar-refractivity contribution in [2.75, 3.05) is 6.54 Å². The van der Waals surface area contributed by atoms with Gasteiger partial charge in [0.2, 0.25) is 5.91 Å². The van der Waals surface area contributed by atoms with Gasteiger partial charge in [-0.15, -0.1) is 0 Å². The van der Waals surface area contributed by atoms with Crippen LogP contribution in [0.25, 0.3) is 0 Å². The van der Waals surface area contributed by atoms with E-state index in [-0.39, 0.29) is 18.9 Å². The minimum atomic E-state index is -1.15. The number of carboxylic acids is 2. The molecule has 0 aliphatic carbocycles. The number of hydrogen-bond acceptors (Lipinski definition) is 3. The SMILES string of the molecule is CC(C(=O)O)N(CCC(=O)O)C(=O)C(C)(C)C. The fraction of sp³-hybridized carbons (Fsp3) is 0.727. The number of carbonyl (C=O) groups is 3. The largest absolute Gasteiger partial charge is 0.481 e. The van der Waals surface area contributed by atoms with Gasteiger partial charge >= 0.3 is 11.9 Å². The lowest BCUT2D eigenvalue weighted by Crippen LogP contribution is -2.48. The van der Waals surface area contributed by atoms with E-state index in [0.29, 0.717) is 0 Å². The molecular formula is C11H19NO5. The van der Waals surface area contributed by atoms with Crippen LogP contribution in [-0.4, -0.2) is 45.5 Å². The summed E-state index contributed by atoms with van der Waals surface area (Å²) in [5.41, 5.74) is -0.734. The van der Waals surface area contributed by atoms with E-state index in [9.17, 15) is 14.4 Å². The van der Waals surface area contributed by atoms with Crippen molar-refractivity contribution >= 4 is 17.8 Å². The van der Waals surface area contributed by atoms with Crippen molar-refractivity contribution in [2.45, 2.75) is 40.2 Å². The van der Waals surface area contributed by atoms with Crippen LogP contribution in [0.2, 0.25) is 0 Å². The quantitative estimate of drug-likeness (QED) is 0.747. The molecule has 0 aliphatic heterocycles. The Morgan fingerprint density at radius 1 is 1.18 bits per heavy atom. The van der Waals surface area contributed by atoms with Gasteiger partial charge in [-0.05, 0) is 6.92 Å². The Bertz CT molecular complexity index is 318. The lowest BCUT2D eigenvalue weighted by atomic mass is 9.94. The number of carbonyl (C=O) groups excluding carboxylic acids is 1. The molecule has 6 heteroatoms. The maximum atomic E-state index is 12.0. The topological polar surface area (TPSA) is 94.9 Å². The summed E-state index contributed by atoms with van der Waals surface area (Å²) in [5, 5.41) is 17.5. The third-order valence-electron chi connectivity index (χ3n) is 2.29. The average molecular weight is 245 g/mol. The minimum absolute atomic E-state index is 0.0983. The molecule has 1 atom stereocenters. The van der Waals surface area contributed by atoms with E-state index in [2.05, 4.69) is 0 Å². The zero-order valence-corrected chi connectivity index (χ0v) is 10.6. The summed E-state index contributed by atoms with van der Waals surface area (Å²) in [6, 6.07) is -1.03. The minimum Gasteiger partial charge on any atom is -0.481 e. The molecule has 0 aliphatic rings. The normalized spacial score (nSPS) is 12.9. The summed E-state index contributed by atoms with van der Waals surface area (Å²) in [7, 11) is 0. The van der Waals surface area contributed by atoms with Gasteiger partial charge in [-0.25, -0.2) is 4.79 Å². The lowest BCUT2D eigenvalue weighted by Gasteiger charge is -2.31. The molecule has 1 unspecified atom stereocenters. The molecule has 98 valence electrons. The molecule has 0 fully saturated rings. The van der Waals surface area contributed by atoms with Crippen molar-refractivity contribution in [1.82, 2.24) is 4.90 Å². The third-order valence-corrected chi connectivity index (χ3v) is 2.29. The summed E-state index contributed by atoms with van der Waals surface area (Å²) in [5.74, 6) is -2.57. The number of aliphatic carboxylic acids is 2. The third kappa shape index (κ3) is 4.84. The second-order valence-corrected chi connectivity index (χ2v) is 4.91. The van der Waals surface area contributed by atoms with E-state index in [4.69, 9.17) is 10.2 Å². The molecular weight excluding hydrogens is 226 g/mol. The zero-order chi connectivity index (χ0) is 13.8. The molecule has 0 heterocycles. The molecule has 6 nitrogen and oxygen atoms in total. The number of hydrogen-bond donors (Lipinski definition) is 2. The Morgan fingerprint density at radius 2 is 1.65 bits per heavy atom. The first-order valence-corrected chi connectivity index (χ1v) is 5.33. The predicted molar refractivity (Wildman–Crippen MR) is 60.5 cm³/mol. The van der Waals surface area contributed by atoms with Crippen molar-refractivity contribution in [1.29, 1.82) is 0 Å². The summed E-state index contributed by atoms with van der Waals surface area (Å²) >= 11 is 0. The first-order chi connectivity index (χ1) is 7.57. The van der Waals surface area contributed by atoms with Crippen LogP contribution in [-0.2, 0) is 14.4 Å². The van der Waals surface area contributed by atoms with Crippen molar-refractivity contribution in [2.24, 2.45) is 5.41 Å². The van der Waals surface area contributed by atoms with E-state index in [1.165, 1.54) is 6.92 Å². The highest BCUT2D eigenvalue weighted by Crippen LogP contribution is 2.19. The summed E-state index contributed by atoms with van der Waals surface area (Å²) in [6.07, 6.45) is -0.264. The van der Waals surface area contributed by atoms with Crippen LogP contribution in [0, 0.1) is 5.41 Å². The standard InChI is InChI=1S/C11H19NO5/c1-7(9(15)16)12(6-5-8(13)14)10(17)11(2,3)4/h7H,5-6H2,1-4H3,(H,13,14)(H,15,16). The van der Waals surface area contributed by atoms with Crippen LogP contribution >= 0.6 is 0 Å². The second kappa shape index (κ2) is 5.65. The summed E-state index contributed by atoms with van der Waals surface area (Å²) < 4.78 is 0. The molecule has 0 aromatic carbocycles. The zero-order valence-electron chi connectivity index (χ0n) is 10.6. The van der Waals surface area contributed by atoms with Crippen molar-refractivity contribution in [3.05, 3.63) is 0 Å². The van der Waals surface area contributed by atoms with E-state index < -0.39 is 23.4 Å². The molecule has 1 amide bonds. The number of amides is 1. The van der Waals surface area contributed by atoms with Crippen LogP contribution < -0.4 is 0 Å². The van der Waals surface area contributed by atoms with Gasteiger partial charge in [-0.1, -0.05) is 20.8 Å². The van der Waals surface area contributed by atoms with Crippen LogP contribution in [0.1, 0.15) is 34.1 Å². The molecule has 17 heavy (non-hydrogen) atoms. The molecule has 0 saturated heterocycles. The van der Waals surface area contributed by atoms with Gasteiger partial charge in [0.25, 0.3) is 0 Å². The second-order valence-electron chi connectivity index (χ2n) is 4.91. The summed E-state index contributed by atoms with van der Waals surface area (Å²) in [6.45, 7) is 6.26. The highest BCUT2D eigenvalue weighted by molar-refractivity contribution is 5.87. The van der Waals surface area contributed by atoms with Crippen LogP contribution in [0.3, 0.4) is 0 Å². The Hall–Kier alpha value is -1.59. The first kappa shape index (κ1) is 15.4. The van der Waals surface area contributed by atoms with Crippen molar-refractivity contribution in [3.63, 3.8) is 0 Å². The average Bonchev–Trinajstić information content (AvgIpc) is 2.15. The van der Waals surface area contributed by atoms with E-state index in [1.54, 1.807) is 20.8 Å². The monoisotopic (exact) mass is 245 g/mol. The highest BCUT2D eigenvalue weighted by Gasteiger charge is 2.33. The highest BCUT2D eigenvalue weighted by atomic mass is 16.4. The van der Waals surface area contributed by atoms with E-state index >= 15 is 0 Å². The molecule has 0 saturated carbocycles. The summed E-state index contributed by atoms with van der Waals surface area (Å²) in [4.78, 5) is 34.4. The number of carboxylic acid groups (broad SMARTS) is 2. The smallest absolute Gasteiger partial charge is 0.326 e. The van der Waals surface area contributed by atoms with Crippen molar-refractivity contribution in [3.8, 4) is 0 Å². The maximum Gasteiger partial charge on any atom is 0.326 e. The van der Waals surface area contributed by atoms with E-state index in [0.717, 1.165) is 4.90 Å². The molecule has 0 radical (unpaired) electrons. The first-order valence-electron chi connectivity index (χ1n) is 5.33. The lowest BCUT2D eigenvalue weighted by molar-refractivity contribution is -0.154. The Labute approximate surface area is 100 Å². The maximum absolute atomic E-state index is 12.0. The van der Waals surface area contributed by atoms with E-state index in [1.807, 2.05) is 0 Å². The molecule has 0 aromatic heterocycles. The van der Waals surface area contributed by atoms with Gasteiger partial charge in [0.1, 0.15) is 6.04 Å². The van der Waals surface area contributed by atoms with Gasteiger partial charge in [0, 0.05) is 12.0 Å². The van der Waals surface area contributed by atoms with Gasteiger partial charge in [0.05, 0.1) is 6.42 Å². The fourth-order valence-corrected chi connectivity index (χ4v) is 1.25. The van der Waals surface area contributed by atoms with Crippen LogP contribution in [0.5, 0.6) is 0 Å². The van der Waals surface area contributed by atoms with Crippen molar-refractivity contribution < 1.29 is 24.6 Å². The van der Waals surface area contributed by atoms with Gasteiger partial charge in [-0.3, -0.25) is 9.59 Å². The van der Waals surface area contributed by atoms with Crippen LogP contribution in [0.4, 0.5) is 0 Å². The van der Waals surface area contributed by atoms with Gasteiger partial charge < -0.3 is 15.1 Å². The van der Waals surface area contributed by atoms with Crippen LogP contribution in [0.15, 0.2) is 0 Å².